The topological polar surface area (TPSA) is 29.0 Å². The van der Waals surface area contributed by atoms with Crippen molar-refractivity contribution in [2.24, 2.45) is 0 Å². The molecule has 0 spiro atoms. The molecule has 0 aliphatic rings. The normalized spacial score (nSPS) is 12.2. The van der Waals surface area contributed by atoms with Crippen molar-refractivity contribution in [3.05, 3.63) is 18.7 Å². The highest BCUT2D eigenvalue weighted by atomic mass is 79.9. The van der Waals surface area contributed by atoms with Crippen LogP contribution in [0.3, 0.4) is 0 Å². The number of rotatable bonds is 5. The molecule has 3 nitrogen and oxygen atoms in total. The van der Waals surface area contributed by atoms with E-state index in [0.29, 0.717) is 6.54 Å². The number of halogens is 1. The Balaban J connectivity index is 0.00000169. The maximum atomic E-state index is 9.42. The number of hydrogen-bond acceptors (Lipinski definition) is 1. The molecular weight excluding hydrogens is 244 g/mol. The summed E-state index contributed by atoms with van der Waals surface area (Å²) < 4.78 is 4.17. The number of aryl methyl sites for hydroxylation is 1. The Morgan fingerprint density at radius 1 is 1.43 bits per heavy atom. The zero-order valence-electron chi connectivity index (χ0n) is 8.86. The molecule has 14 heavy (non-hydrogen) atoms. The Bertz CT molecular complexity index is 250. The van der Waals surface area contributed by atoms with Crippen LogP contribution in [0.1, 0.15) is 26.7 Å². The average molecular weight is 263 g/mol. The first-order valence-corrected chi connectivity index (χ1v) is 4.99. The van der Waals surface area contributed by atoms with Gasteiger partial charge in [0.1, 0.15) is 18.9 Å². The van der Waals surface area contributed by atoms with Crippen LogP contribution in [0.2, 0.25) is 0 Å². The van der Waals surface area contributed by atoms with Crippen molar-refractivity contribution in [3.63, 3.8) is 0 Å². The third-order valence-electron chi connectivity index (χ3n) is 2.12. The third kappa shape index (κ3) is 4.24. The minimum Gasteiger partial charge on any atom is -1.00 e. The molecule has 0 aliphatic heterocycles. The third-order valence-corrected chi connectivity index (χ3v) is 2.12. The van der Waals surface area contributed by atoms with Gasteiger partial charge in [0, 0.05) is 0 Å². The molecule has 0 aromatic carbocycles. The fourth-order valence-electron chi connectivity index (χ4n) is 1.31. The molecule has 0 aliphatic carbocycles. The largest absolute Gasteiger partial charge is 1.00 e. The fourth-order valence-corrected chi connectivity index (χ4v) is 1.31. The van der Waals surface area contributed by atoms with Gasteiger partial charge < -0.3 is 22.1 Å². The van der Waals surface area contributed by atoms with Crippen molar-refractivity contribution in [2.75, 3.05) is 0 Å². The second-order valence-corrected chi connectivity index (χ2v) is 3.41. The Morgan fingerprint density at radius 2 is 2.14 bits per heavy atom. The van der Waals surface area contributed by atoms with Gasteiger partial charge in [-0.25, -0.2) is 9.13 Å². The molecule has 1 N–H and O–H groups in total. The second kappa shape index (κ2) is 7.01. The zero-order chi connectivity index (χ0) is 9.68. The Hall–Kier alpha value is -0.350. The first-order valence-electron chi connectivity index (χ1n) is 4.99. The van der Waals surface area contributed by atoms with Crippen molar-refractivity contribution in [3.8, 4) is 0 Å². The van der Waals surface area contributed by atoms with Gasteiger partial charge in [0.15, 0.2) is 0 Å². The lowest BCUT2D eigenvalue weighted by Crippen LogP contribution is -3.00. The van der Waals surface area contributed by atoms with E-state index in [4.69, 9.17) is 0 Å². The highest BCUT2D eigenvalue weighted by Crippen LogP contribution is 1.91. The average Bonchev–Trinajstić information content (AvgIpc) is 2.53. The summed E-state index contributed by atoms with van der Waals surface area (Å²) in [5.41, 5.74) is 0. The molecule has 0 unspecified atom stereocenters. The van der Waals surface area contributed by atoms with Gasteiger partial charge in [-0.2, -0.15) is 0 Å². The van der Waals surface area contributed by atoms with Crippen molar-refractivity contribution in [1.29, 1.82) is 0 Å². The van der Waals surface area contributed by atoms with Crippen molar-refractivity contribution in [2.45, 2.75) is 45.9 Å². The van der Waals surface area contributed by atoms with E-state index >= 15 is 0 Å². The first kappa shape index (κ1) is 13.7. The molecule has 0 radical (unpaired) electrons. The van der Waals surface area contributed by atoms with E-state index in [1.807, 2.05) is 30.2 Å². The fraction of sp³-hybridized carbons (Fsp3) is 0.700. The van der Waals surface area contributed by atoms with E-state index in [1.54, 1.807) is 0 Å². The van der Waals surface area contributed by atoms with Gasteiger partial charge in [0.05, 0.1) is 12.6 Å². The van der Waals surface area contributed by atoms with Gasteiger partial charge in [-0.15, -0.1) is 0 Å². The van der Waals surface area contributed by atoms with E-state index in [9.17, 15) is 5.11 Å². The van der Waals surface area contributed by atoms with Gasteiger partial charge in [-0.3, -0.25) is 0 Å². The van der Waals surface area contributed by atoms with Crippen LogP contribution in [0.25, 0.3) is 0 Å². The number of nitrogens with zero attached hydrogens (tertiary/aromatic N) is 2. The summed E-state index contributed by atoms with van der Waals surface area (Å²) in [6, 6.07) is 0. The van der Waals surface area contributed by atoms with Gasteiger partial charge in [-0.1, -0.05) is 13.8 Å². The lowest BCUT2D eigenvalue weighted by atomic mass is 10.3. The molecular formula is C10H19BrN2O. The number of aliphatic hydroxyl groups excluding tert-OH is 1. The quantitative estimate of drug-likeness (QED) is 0.609. The Labute approximate surface area is 96.1 Å². The molecule has 0 fully saturated rings. The highest BCUT2D eigenvalue weighted by molar-refractivity contribution is 4.65. The van der Waals surface area contributed by atoms with Gasteiger partial charge in [0.2, 0.25) is 6.33 Å². The second-order valence-electron chi connectivity index (χ2n) is 3.41. The predicted molar refractivity (Wildman–Crippen MR) is 51.2 cm³/mol. The van der Waals surface area contributed by atoms with E-state index in [-0.39, 0.29) is 23.1 Å². The molecule has 0 saturated carbocycles. The number of hydrogen-bond donors (Lipinski definition) is 1. The molecule has 1 aromatic heterocycles. The first-order chi connectivity index (χ1) is 6.26. The molecule has 1 atom stereocenters. The predicted octanol–water partition coefficient (Wildman–Crippen LogP) is -2.04. The van der Waals surface area contributed by atoms with Crippen molar-refractivity contribution < 1.29 is 26.7 Å². The van der Waals surface area contributed by atoms with Crippen LogP contribution in [0.4, 0.5) is 0 Å². The van der Waals surface area contributed by atoms with Crippen LogP contribution in [0.5, 0.6) is 0 Å². The number of aromatic nitrogens is 2. The summed E-state index contributed by atoms with van der Waals surface area (Å²) in [7, 11) is 0. The van der Waals surface area contributed by atoms with E-state index < -0.39 is 0 Å². The van der Waals surface area contributed by atoms with Crippen LogP contribution in [0.15, 0.2) is 18.7 Å². The lowest BCUT2D eigenvalue weighted by Gasteiger charge is -2.02. The SMILES string of the molecule is CCCn1cc[n+](C[C@@H](O)CC)c1.[Br-]. The van der Waals surface area contributed by atoms with Crippen LogP contribution in [-0.2, 0) is 13.1 Å². The summed E-state index contributed by atoms with van der Waals surface area (Å²) in [4.78, 5) is 0. The summed E-state index contributed by atoms with van der Waals surface area (Å²) >= 11 is 0. The summed E-state index contributed by atoms with van der Waals surface area (Å²) in [5, 5.41) is 9.42. The molecule has 1 rings (SSSR count). The lowest BCUT2D eigenvalue weighted by molar-refractivity contribution is -0.703. The maximum Gasteiger partial charge on any atom is 0.243 e. The number of imidazole rings is 1. The summed E-state index contributed by atoms with van der Waals surface area (Å²) in [6.45, 7) is 5.90. The maximum absolute atomic E-state index is 9.42. The molecule has 0 bridgehead atoms. The minimum absolute atomic E-state index is 0. The van der Waals surface area contributed by atoms with Gasteiger partial charge in [0.25, 0.3) is 0 Å². The van der Waals surface area contributed by atoms with E-state index in [2.05, 4.69) is 11.5 Å². The van der Waals surface area contributed by atoms with Crippen molar-refractivity contribution >= 4 is 0 Å². The number of aliphatic hydroxyl groups is 1. The standard InChI is InChI=1S/C10H19N2O.BrH/c1-3-5-11-6-7-12(9-11)8-10(13)4-2;/h6-7,9-10,13H,3-5,8H2,1-2H3;1H/q+1;/p-1/t10-;/m0./s1. The van der Waals surface area contributed by atoms with Crippen LogP contribution < -0.4 is 21.5 Å². The summed E-state index contributed by atoms with van der Waals surface area (Å²) in [5.74, 6) is 0. The van der Waals surface area contributed by atoms with Gasteiger partial charge >= 0.3 is 0 Å². The molecule has 82 valence electrons. The summed E-state index contributed by atoms with van der Waals surface area (Å²) in [6.07, 6.45) is 7.84. The smallest absolute Gasteiger partial charge is 0.243 e. The van der Waals surface area contributed by atoms with Crippen LogP contribution in [-0.4, -0.2) is 15.8 Å². The Morgan fingerprint density at radius 3 is 2.71 bits per heavy atom. The molecule has 0 amide bonds. The van der Waals surface area contributed by atoms with E-state index in [0.717, 1.165) is 19.4 Å². The minimum atomic E-state index is -0.220. The highest BCUT2D eigenvalue weighted by Gasteiger charge is 2.07. The zero-order valence-corrected chi connectivity index (χ0v) is 10.4. The van der Waals surface area contributed by atoms with Crippen LogP contribution >= 0.6 is 0 Å². The molecule has 0 saturated heterocycles. The van der Waals surface area contributed by atoms with Gasteiger partial charge in [-0.05, 0) is 12.8 Å². The Kier molecular flexibility index (Phi) is 6.83. The monoisotopic (exact) mass is 262 g/mol. The molecule has 4 heteroatoms. The van der Waals surface area contributed by atoms with E-state index in [1.165, 1.54) is 0 Å². The van der Waals surface area contributed by atoms with Crippen LogP contribution in [0, 0.1) is 0 Å². The van der Waals surface area contributed by atoms with Crippen molar-refractivity contribution in [1.82, 2.24) is 4.57 Å². The molecule has 1 heterocycles. The molecule has 1 aromatic rings.